The highest BCUT2D eigenvalue weighted by atomic mass is 35.7. The maximum atomic E-state index is 6.86. The molecular formula is C17H26ClP. The van der Waals surface area contributed by atoms with Gasteiger partial charge in [0.2, 0.25) is 0 Å². The molecule has 0 heterocycles. The molecule has 1 saturated carbocycles. The highest BCUT2D eigenvalue weighted by Crippen LogP contribution is 2.58. The summed E-state index contributed by atoms with van der Waals surface area (Å²) in [5.74, 6) is 2.47. The molecule has 1 fully saturated rings. The van der Waals surface area contributed by atoms with Crippen molar-refractivity contribution in [1.82, 2.24) is 0 Å². The van der Waals surface area contributed by atoms with Gasteiger partial charge in [0.1, 0.15) is 0 Å². The SMILES string of the molecule is CC1CCC(C(C)C)C(P(Cl)Cc2ccccc2)C1. The standard InChI is InChI=1S/C17H26ClP/c1-13(2)16-10-9-14(3)11-17(16)19(18)12-15-7-5-4-6-8-15/h4-8,13-14,16-17H,9-12H2,1-3H3. The Hall–Kier alpha value is -0.0600. The predicted molar refractivity (Wildman–Crippen MR) is 88.1 cm³/mol. The Balaban J connectivity index is 2.04. The number of hydrogen-bond acceptors (Lipinski definition) is 0. The van der Waals surface area contributed by atoms with E-state index < -0.39 is 7.27 Å². The normalized spacial score (nSPS) is 29.4. The molecule has 1 aliphatic rings. The molecule has 1 aromatic carbocycles. The van der Waals surface area contributed by atoms with Gasteiger partial charge in [0.05, 0.1) is 0 Å². The van der Waals surface area contributed by atoms with Gasteiger partial charge in [-0.3, -0.25) is 0 Å². The van der Waals surface area contributed by atoms with Gasteiger partial charge in [-0.1, -0.05) is 68.8 Å². The average molecular weight is 297 g/mol. The van der Waals surface area contributed by atoms with Crippen molar-refractivity contribution < 1.29 is 0 Å². The summed E-state index contributed by atoms with van der Waals surface area (Å²) in [7, 11) is -0.401. The van der Waals surface area contributed by atoms with Crippen LogP contribution in [0.4, 0.5) is 0 Å². The first-order valence-corrected chi connectivity index (χ1v) is 10.0. The second kappa shape index (κ2) is 7.09. The van der Waals surface area contributed by atoms with E-state index in [1.54, 1.807) is 0 Å². The van der Waals surface area contributed by atoms with Crippen LogP contribution in [-0.4, -0.2) is 5.66 Å². The van der Waals surface area contributed by atoms with E-state index in [2.05, 4.69) is 51.1 Å². The minimum atomic E-state index is -0.401. The Kier molecular flexibility index (Phi) is 5.72. The quantitative estimate of drug-likeness (QED) is 0.573. The van der Waals surface area contributed by atoms with Gasteiger partial charge in [-0.15, -0.1) is 0 Å². The highest BCUT2D eigenvalue weighted by Gasteiger charge is 2.35. The molecule has 2 heteroatoms. The first-order valence-electron chi connectivity index (χ1n) is 7.54. The van der Waals surface area contributed by atoms with Crippen LogP contribution < -0.4 is 0 Å². The number of rotatable bonds is 4. The topological polar surface area (TPSA) is 0 Å². The first-order chi connectivity index (χ1) is 9.08. The monoisotopic (exact) mass is 296 g/mol. The van der Waals surface area contributed by atoms with E-state index in [0.29, 0.717) is 0 Å². The van der Waals surface area contributed by atoms with Crippen LogP contribution in [0.3, 0.4) is 0 Å². The summed E-state index contributed by atoms with van der Waals surface area (Å²) in [5, 5.41) is 0. The van der Waals surface area contributed by atoms with Gasteiger partial charge in [-0.25, -0.2) is 0 Å². The summed E-state index contributed by atoms with van der Waals surface area (Å²) in [4.78, 5) is 0. The molecule has 0 aliphatic heterocycles. The molecule has 0 radical (unpaired) electrons. The highest BCUT2D eigenvalue weighted by molar-refractivity contribution is 7.83. The van der Waals surface area contributed by atoms with E-state index in [0.717, 1.165) is 29.6 Å². The Labute approximate surface area is 124 Å². The minimum Gasteiger partial charge on any atom is -0.0958 e. The molecule has 106 valence electrons. The van der Waals surface area contributed by atoms with E-state index in [1.165, 1.54) is 24.8 Å². The zero-order valence-electron chi connectivity index (χ0n) is 12.3. The van der Waals surface area contributed by atoms with Crippen LogP contribution in [0.1, 0.15) is 45.6 Å². The Morgan fingerprint density at radius 2 is 1.89 bits per heavy atom. The van der Waals surface area contributed by atoms with E-state index in [1.807, 2.05) is 0 Å². The maximum absolute atomic E-state index is 6.86. The second-order valence-electron chi connectivity index (χ2n) is 6.44. The van der Waals surface area contributed by atoms with Crippen molar-refractivity contribution in [2.45, 2.75) is 51.9 Å². The largest absolute Gasteiger partial charge is 0.0958 e. The lowest BCUT2D eigenvalue weighted by Gasteiger charge is -2.39. The number of hydrogen-bond donors (Lipinski definition) is 0. The van der Waals surface area contributed by atoms with Gasteiger partial charge in [-0.05, 0) is 49.1 Å². The minimum absolute atomic E-state index is 0.401. The maximum Gasteiger partial charge on any atom is 0.00685 e. The van der Waals surface area contributed by atoms with Crippen LogP contribution in [0.25, 0.3) is 0 Å². The second-order valence-corrected chi connectivity index (χ2v) is 9.52. The lowest BCUT2D eigenvalue weighted by Crippen LogP contribution is -2.30. The Morgan fingerprint density at radius 3 is 2.53 bits per heavy atom. The van der Waals surface area contributed by atoms with E-state index in [9.17, 15) is 0 Å². The van der Waals surface area contributed by atoms with Gasteiger partial charge in [0.15, 0.2) is 0 Å². The van der Waals surface area contributed by atoms with Crippen LogP contribution in [0, 0.1) is 17.8 Å². The average Bonchev–Trinajstić information content (AvgIpc) is 2.39. The molecule has 4 unspecified atom stereocenters. The predicted octanol–water partition coefficient (Wildman–Crippen LogP) is 6.28. The number of benzene rings is 1. The summed E-state index contributed by atoms with van der Waals surface area (Å²) in [6.45, 7) is 7.14. The van der Waals surface area contributed by atoms with Crippen LogP contribution in [0.15, 0.2) is 30.3 Å². The van der Waals surface area contributed by atoms with Crippen molar-refractivity contribution in [3.8, 4) is 0 Å². The van der Waals surface area contributed by atoms with Crippen molar-refractivity contribution in [3.63, 3.8) is 0 Å². The smallest absolute Gasteiger partial charge is 0.00685 e. The molecule has 0 N–H and O–H groups in total. The van der Waals surface area contributed by atoms with Crippen LogP contribution in [0.5, 0.6) is 0 Å². The third-order valence-corrected chi connectivity index (χ3v) is 7.61. The summed E-state index contributed by atoms with van der Waals surface area (Å²) >= 11 is 6.86. The summed E-state index contributed by atoms with van der Waals surface area (Å²) in [6.07, 6.45) is 5.19. The molecule has 19 heavy (non-hydrogen) atoms. The van der Waals surface area contributed by atoms with Crippen LogP contribution >= 0.6 is 18.5 Å². The van der Waals surface area contributed by atoms with Crippen molar-refractivity contribution in [2.24, 2.45) is 17.8 Å². The molecule has 0 spiro atoms. The molecule has 0 aromatic heterocycles. The summed E-state index contributed by atoms with van der Waals surface area (Å²) in [5.41, 5.74) is 2.16. The molecule has 1 aromatic rings. The van der Waals surface area contributed by atoms with E-state index >= 15 is 0 Å². The molecule has 0 amide bonds. The van der Waals surface area contributed by atoms with Gasteiger partial charge in [0.25, 0.3) is 0 Å². The molecule has 2 rings (SSSR count). The number of halogens is 1. The third kappa shape index (κ3) is 4.20. The van der Waals surface area contributed by atoms with Gasteiger partial charge in [0, 0.05) is 6.16 Å². The first kappa shape index (κ1) is 15.3. The fourth-order valence-electron chi connectivity index (χ4n) is 3.35. The zero-order chi connectivity index (χ0) is 13.8. The Morgan fingerprint density at radius 1 is 1.21 bits per heavy atom. The van der Waals surface area contributed by atoms with Crippen molar-refractivity contribution in [3.05, 3.63) is 35.9 Å². The summed E-state index contributed by atoms with van der Waals surface area (Å²) in [6, 6.07) is 10.8. The molecule has 0 nitrogen and oxygen atoms in total. The third-order valence-electron chi connectivity index (χ3n) is 4.52. The van der Waals surface area contributed by atoms with E-state index in [-0.39, 0.29) is 0 Å². The van der Waals surface area contributed by atoms with Gasteiger partial charge < -0.3 is 0 Å². The van der Waals surface area contributed by atoms with Crippen LogP contribution in [-0.2, 0) is 6.16 Å². The Bertz CT molecular complexity index is 376. The fraction of sp³-hybridized carbons (Fsp3) is 0.647. The molecule has 0 bridgehead atoms. The van der Waals surface area contributed by atoms with Gasteiger partial charge in [-0.2, -0.15) is 0 Å². The van der Waals surface area contributed by atoms with Crippen molar-refractivity contribution >= 4 is 18.5 Å². The van der Waals surface area contributed by atoms with Gasteiger partial charge >= 0.3 is 0 Å². The zero-order valence-corrected chi connectivity index (χ0v) is 14.0. The fourth-order valence-corrected chi connectivity index (χ4v) is 6.73. The van der Waals surface area contributed by atoms with E-state index in [4.69, 9.17) is 11.2 Å². The molecular weight excluding hydrogens is 271 g/mol. The summed E-state index contributed by atoms with van der Waals surface area (Å²) < 4.78 is 0. The molecule has 1 aliphatic carbocycles. The van der Waals surface area contributed by atoms with Crippen molar-refractivity contribution in [1.29, 1.82) is 0 Å². The van der Waals surface area contributed by atoms with Crippen molar-refractivity contribution in [2.75, 3.05) is 0 Å². The molecule has 4 atom stereocenters. The lowest BCUT2D eigenvalue weighted by molar-refractivity contribution is 0.242. The van der Waals surface area contributed by atoms with Crippen LogP contribution in [0.2, 0.25) is 0 Å². The molecule has 0 saturated heterocycles. The lowest BCUT2D eigenvalue weighted by atomic mass is 9.77.